The van der Waals surface area contributed by atoms with Crippen LogP contribution in [0.4, 0.5) is 9.59 Å². The molecule has 268 valence electrons. The number of nitrogens with one attached hydrogen (secondary N) is 3. The van der Waals surface area contributed by atoms with E-state index in [2.05, 4.69) is 10.6 Å². The lowest BCUT2D eigenvalue weighted by Gasteiger charge is -2.30. The van der Waals surface area contributed by atoms with Crippen molar-refractivity contribution in [3.8, 4) is 0 Å². The average molecular weight is 702 g/mol. The second-order valence-electron chi connectivity index (χ2n) is 14.4. The van der Waals surface area contributed by atoms with E-state index in [9.17, 15) is 32.4 Å². The zero-order chi connectivity index (χ0) is 35.6. The Morgan fingerprint density at radius 3 is 2.51 bits per heavy atom. The van der Waals surface area contributed by atoms with Crippen molar-refractivity contribution in [2.75, 3.05) is 19.3 Å². The summed E-state index contributed by atoms with van der Waals surface area (Å²) in [5.74, 6) is -2.56. The second-order valence-corrected chi connectivity index (χ2v) is 16.2. The minimum Gasteiger partial charge on any atom is -0.444 e. The number of carbonyl (C=O) groups is 5. The number of ether oxygens (including phenoxy) is 2. The van der Waals surface area contributed by atoms with Crippen molar-refractivity contribution in [3.05, 3.63) is 47.5 Å². The summed E-state index contributed by atoms with van der Waals surface area (Å²) < 4.78 is 37.3. The van der Waals surface area contributed by atoms with Crippen LogP contribution in [-0.4, -0.2) is 96.8 Å². The molecule has 1 aromatic carbocycles. The van der Waals surface area contributed by atoms with Gasteiger partial charge in [-0.05, 0) is 64.0 Å². The van der Waals surface area contributed by atoms with Gasteiger partial charge in [-0.1, -0.05) is 49.3 Å². The number of allylic oxidation sites excluding steroid dienone is 1. The summed E-state index contributed by atoms with van der Waals surface area (Å²) >= 11 is 0. The third kappa shape index (κ3) is 9.11. The lowest BCUT2D eigenvalue weighted by Crippen LogP contribution is -2.58. The highest BCUT2D eigenvalue weighted by atomic mass is 32.2. The summed E-state index contributed by atoms with van der Waals surface area (Å²) in [6.45, 7) is 5.82. The van der Waals surface area contributed by atoms with Gasteiger partial charge >= 0.3 is 12.2 Å². The zero-order valence-corrected chi connectivity index (χ0v) is 29.3. The van der Waals surface area contributed by atoms with Crippen LogP contribution in [-0.2, 0) is 46.8 Å². The molecule has 0 spiro atoms. The molecule has 3 N–H and O–H groups in total. The summed E-state index contributed by atoms with van der Waals surface area (Å²) in [6.07, 6.45) is 6.23. The van der Waals surface area contributed by atoms with Gasteiger partial charge in [0.2, 0.25) is 21.8 Å². The van der Waals surface area contributed by atoms with Crippen molar-refractivity contribution in [1.82, 2.24) is 25.2 Å². The molecule has 5 atom stereocenters. The van der Waals surface area contributed by atoms with Crippen molar-refractivity contribution >= 4 is 39.9 Å². The van der Waals surface area contributed by atoms with E-state index in [0.29, 0.717) is 32.4 Å². The first-order chi connectivity index (χ1) is 23.0. The number of hydrogen-bond acceptors (Lipinski definition) is 9. The maximum absolute atomic E-state index is 14.2. The molecule has 1 saturated carbocycles. The molecule has 0 radical (unpaired) electrons. The van der Waals surface area contributed by atoms with Gasteiger partial charge in [0.25, 0.3) is 5.91 Å². The predicted octanol–water partition coefficient (Wildman–Crippen LogP) is 2.52. The zero-order valence-electron chi connectivity index (χ0n) is 28.5. The Morgan fingerprint density at radius 2 is 1.80 bits per heavy atom. The van der Waals surface area contributed by atoms with Crippen molar-refractivity contribution in [2.45, 2.75) is 108 Å². The fourth-order valence-electron chi connectivity index (χ4n) is 6.74. The molecule has 49 heavy (non-hydrogen) atoms. The highest BCUT2D eigenvalue weighted by Crippen LogP contribution is 2.45. The molecule has 5 amide bonds. The number of amides is 5. The van der Waals surface area contributed by atoms with E-state index in [1.807, 2.05) is 41.1 Å². The topological polar surface area (TPSA) is 181 Å². The third-order valence-electron chi connectivity index (χ3n) is 9.27. The minimum absolute atomic E-state index is 0.0584. The average Bonchev–Trinajstić information content (AvgIpc) is 3.54. The van der Waals surface area contributed by atoms with E-state index in [0.717, 1.165) is 30.2 Å². The molecule has 4 aliphatic rings. The highest BCUT2D eigenvalue weighted by molar-refractivity contribution is 7.89. The minimum atomic E-state index is -3.93. The fourth-order valence-corrected chi connectivity index (χ4v) is 7.26. The molecule has 5 rings (SSSR count). The quantitative estimate of drug-likeness (QED) is 0.398. The van der Waals surface area contributed by atoms with Gasteiger partial charge in [0.05, 0.1) is 12.8 Å². The summed E-state index contributed by atoms with van der Waals surface area (Å²) in [5.41, 5.74) is -0.173. The lowest BCUT2D eigenvalue weighted by molar-refractivity contribution is -0.141. The Labute approximate surface area is 287 Å². The summed E-state index contributed by atoms with van der Waals surface area (Å²) in [4.78, 5) is 70.6. The van der Waals surface area contributed by atoms with E-state index in [1.165, 1.54) is 4.90 Å². The maximum Gasteiger partial charge on any atom is 0.410 e. The van der Waals surface area contributed by atoms with Crippen LogP contribution in [0.25, 0.3) is 0 Å². The van der Waals surface area contributed by atoms with Gasteiger partial charge in [0, 0.05) is 25.4 Å². The Morgan fingerprint density at radius 1 is 1.06 bits per heavy atom. The number of alkyl carbamates (subject to hydrolysis) is 1. The van der Waals surface area contributed by atoms with Crippen LogP contribution in [0.5, 0.6) is 0 Å². The van der Waals surface area contributed by atoms with E-state index in [1.54, 1.807) is 25.7 Å². The Bertz CT molecular complexity index is 1610. The number of nitrogens with zero attached hydrogens (tertiary/aromatic N) is 2. The number of sulfonamides is 1. The fraction of sp³-hybridized carbons (Fsp3) is 0.618. The van der Waals surface area contributed by atoms with Gasteiger partial charge in [-0.3, -0.25) is 19.1 Å². The van der Waals surface area contributed by atoms with Crippen molar-refractivity contribution in [3.63, 3.8) is 0 Å². The number of fused-ring (bicyclic) bond motifs is 3. The molecule has 14 nitrogen and oxygen atoms in total. The number of carbonyl (C=O) groups excluding carboxylic acids is 5. The number of rotatable bonds is 4. The molecule has 1 saturated heterocycles. The SMILES string of the molecule is CC(C)(C)OC(=O)N[C@H]1CCCCC/C=C\[C@H]2C[C@@]2(C(=O)NS(C)(=O)=O)NC(=O)[C@@H]2C[C@@H](OC(=O)N3CCc4ccccc4C3)CN2C1=O. The molecule has 3 heterocycles. The molecule has 1 aliphatic carbocycles. The molecule has 2 fully saturated rings. The predicted molar refractivity (Wildman–Crippen MR) is 178 cm³/mol. The number of benzene rings is 1. The molecule has 15 heteroatoms. The van der Waals surface area contributed by atoms with E-state index in [4.69, 9.17) is 9.47 Å². The Hall–Kier alpha value is -4.14. The molecular weight excluding hydrogens is 654 g/mol. The van der Waals surface area contributed by atoms with Crippen LogP contribution in [0.2, 0.25) is 0 Å². The third-order valence-corrected chi connectivity index (χ3v) is 9.83. The van der Waals surface area contributed by atoms with Crippen LogP contribution in [0.1, 0.15) is 76.8 Å². The molecule has 3 aliphatic heterocycles. The van der Waals surface area contributed by atoms with Gasteiger partial charge < -0.3 is 29.9 Å². The molecule has 0 unspecified atom stereocenters. The van der Waals surface area contributed by atoms with Gasteiger partial charge in [-0.2, -0.15) is 0 Å². The standard InChI is InChI=1S/C34H47N5O9S/c1-33(2,3)48-31(43)35-26-15-9-7-5-6-8-14-24-19-34(24,30(42)37-49(4,45)46)36-28(40)27-18-25(21-39(27)29(26)41)47-32(44)38-17-16-22-12-10-11-13-23(22)20-38/h8,10-14,24-27H,5-7,9,15-21H2,1-4H3,(H,35,43)(H,36,40)(H,37,42)/b14-8-/t24-,25+,26-,27-,34+/m0/s1. The lowest BCUT2D eigenvalue weighted by atomic mass is 10.0. The maximum atomic E-state index is 14.2. The summed E-state index contributed by atoms with van der Waals surface area (Å²) in [6, 6.07) is 5.63. The number of hydrogen-bond donors (Lipinski definition) is 3. The molecule has 1 aromatic rings. The Kier molecular flexibility index (Phi) is 10.6. The van der Waals surface area contributed by atoms with Gasteiger partial charge in [0.15, 0.2) is 0 Å². The first-order valence-electron chi connectivity index (χ1n) is 16.9. The van der Waals surface area contributed by atoms with E-state index < -0.39 is 75.2 Å². The van der Waals surface area contributed by atoms with Gasteiger partial charge in [-0.25, -0.2) is 18.0 Å². The second kappa shape index (κ2) is 14.4. The monoisotopic (exact) mass is 701 g/mol. The van der Waals surface area contributed by atoms with Gasteiger partial charge in [-0.15, -0.1) is 0 Å². The Balaban J connectivity index is 1.40. The van der Waals surface area contributed by atoms with Crippen LogP contribution >= 0.6 is 0 Å². The van der Waals surface area contributed by atoms with Crippen molar-refractivity contribution in [2.24, 2.45) is 5.92 Å². The van der Waals surface area contributed by atoms with Crippen LogP contribution in [0.15, 0.2) is 36.4 Å². The van der Waals surface area contributed by atoms with Crippen LogP contribution in [0, 0.1) is 5.92 Å². The van der Waals surface area contributed by atoms with E-state index in [-0.39, 0.29) is 25.8 Å². The molecular formula is C34H47N5O9S. The van der Waals surface area contributed by atoms with Gasteiger partial charge in [0.1, 0.15) is 29.3 Å². The van der Waals surface area contributed by atoms with Crippen molar-refractivity contribution in [1.29, 1.82) is 0 Å². The van der Waals surface area contributed by atoms with Crippen LogP contribution < -0.4 is 15.4 Å². The van der Waals surface area contributed by atoms with Crippen molar-refractivity contribution < 1.29 is 41.9 Å². The summed E-state index contributed by atoms with van der Waals surface area (Å²) in [7, 11) is -3.93. The first kappa shape index (κ1) is 36.1. The molecule has 0 bridgehead atoms. The highest BCUT2D eigenvalue weighted by Gasteiger charge is 2.61. The van der Waals surface area contributed by atoms with E-state index >= 15 is 0 Å². The normalized spacial score (nSPS) is 28.3. The molecule has 0 aromatic heterocycles. The first-order valence-corrected chi connectivity index (χ1v) is 18.8. The summed E-state index contributed by atoms with van der Waals surface area (Å²) in [5, 5.41) is 5.45. The largest absolute Gasteiger partial charge is 0.444 e. The van der Waals surface area contributed by atoms with Crippen LogP contribution in [0.3, 0.4) is 0 Å². The smallest absolute Gasteiger partial charge is 0.410 e.